The summed E-state index contributed by atoms with van der Waals surface area (Å²) in [5.74, 6) is 0.868. The molecule has 0 aromatic heterocycles. The topological polar surface area (TPSA) is 44.8 Å². The largest absolute Gasteiger partial charge is 0.497 e. The lowest BCUT2D eigenvalue weighted by molar-refractivity contribution is 0.194. The number of carbonyl (C=O) groups excluding carboxylic acids is 1. The molecule has 1 saturated heterocycles. The van der Waals surface area contributed by atoms with Crippen LogP contribution in [0.25, 0.3) is 0 Å². The van der Waals surface area contributed by atoms with Crippen LogP contribution in [0.1, 0.15) is 19.8 Å². The Morgan fingerprint density at radius 1 is 1.29 bits per heavy atom. The normalized spacial score (nSPS) is 15.0. The van der Waals surface area contributed by atoms with Crippen molar-refractivity contribution in [3.8, 4) is 5.75 Å². The predicted octanol–water partition coefficient (Wildman–Crippen LogP) is 2.33. The summed E-state index contributed by atoms with van der Waals surface area (Å²) in [5.41, 5.74) is 1.15. The van der Waals surface area contributed by atoms with Gasteiger partial charge in [-0.05, 0) is 18.6 Å². The maximum atomic E-state index is 12.0. The van der Waals surface area contributed by atoms with Crippen LogP contribution >= 0.6 is 0 Å². The number of nitrogens with one attached hydrogen (secondary N) is 1. The summed E-state index contributed by atoms with van der Waals surface area (Å²) in [7, 11) is 1.68. The molecule has 0 aliphatic carbocycles. The average Bonchev–Trinajstić information content (AvgIpc) is 2.55. The molecule has 0 atom stereocenters. The number of nitrogens with zero attached hydrogens (tertiary/aromatic N) is 2. The molecule has 0 unspecified atom stereocenters. The molecule has 1 aromatic carbocycles. The smallest absolute Gasteiger partial charge is 0.317 e. The Labute approximate surface area is 126 Å². The van der Waals surface area contributed by atoms with Crippen molar-refractivity contribution >= 4 is 11.7 Å². The molecule has 1 aliphatic heterocycles. The number of carbonyl (C=O) groups is 1. The Kier molecular flexibility index (Phi) is 5.72. The van der Waals surface area contributed by atoms with E-state index in [0.29, 0.717) is 0 Å². The minimum Gasteiger partial charge on any atom is -0.497 e. The lowest BCUT2D eigenvalue weighted by atomic mass is 10.2. The Hall–Kier alpha value is -1.91. The number of anilines is 1. The third-order valence-corrected chi connectivity index (χ3v) is 3.79. The van der Waals surface area contributed by atoms with E-state index < -0.39 is 0 Å². The van der Waals surface area contributed by atoms with Gasteiger partial charge in [0.05, 0.1) is 7.11 Å². The highest BCUT2D eigenvalue weighted by molar-refractivity contribution is 5.74. The SMILES string of the molecule is CCCCNC(=O)N1CCN(c2cccc(OC)c2)CC1. The van der Waals surface area contributed by atoms with E-state index in [1.165, 1.54) is 0 Å². The molecule has 5 heteroatoms. The Morgan fingerprint density at radius 3 is 2.71 bits per heavy atom. The van der Waals surface area contributed by atoms with Gasteiger partial charge in [0.25, 0.3) is 0 Å². The van der Waals surface area contributed by atoms with Gasteiger partial charge >= 0.3 is 6.03 Å². The summed E-state index contributed by atoms with van der Waals surface area (Å²) in [6.45, 7) is 6.12. The van der Waals surface area contributed by atoms with Crippen molar-refractivity contribution < 1.29 is 9.53 Å². The fourth-order valence-corrected chi connectivity index (χ4v) is 2.46. The molecule has 2 amide bonds. The van der Waals surface area contributed by atoms with E-state index in [-0.39, 0.29) is 6.03 Å². The van der Waals surface area contributed by atoms with E-state index in [0.717, 1.165) is 57.0 Å². The highest BCUT2D eigenvalue weighted by atomic mass is 16.5. The number of amides is 2. The van der Waals surface area contributed by atoms with Gasteiger partial charge in [0.15, 0.2) is 0 Å². The quantitative estimate of drug-likeness (QED) is 0.847. The first-order valence-corrected chi connectivity index (χ1v) is 7.66. The second-order valence-corrected chi connectivity index (χ2v) is 5.26. The van der Waals surface area contributed by atoms with Crippen LogP contribution in [-0.4, -0.2) is 50.8 Å². The second kappa shape index (κ2) is 7.76. The van der Waals surface area contributed by atoms with Gasteiger partial charge in [-0.15, -0.1) is 0 Å². The molecule has 21 heavy (non-hydrogen) atoms. The van der Waals surface area contributed by atoms with Gasteiger partial charge in [0, 0.05) is 44.5 Å². The first kappa shape index (κ1) is 15.5. The van der Waals surface area contributed by atoms with Crippen molar-refractivity contribution in [3.05, 3.63) is 24.3 Å². The first-order chi connectivity index (χ1) is 10.2. The third kappa shape index (κ3) is 4.28. The molecule has 0 saturated carbocycles. The molecule has 0 spiro atoms. The van der Waals surface area contributed by atoms with E-state index in [1.54, 1.807) is 7.11 Å². The van der Waals surface area contributed by atoms with Gasteiger partial charge in [-0.2, -0.15) is 0 Å². The van der Waals surface area contributed by atoms with E-state index in [1.807, 2.05) is 23.1 Å². The standard InChI is InChI=1S/C16H25N3O2/c1-3-4-8-17-16(20)19-11-9-18(10-12-19)14-6-5-7-15(13-14)21-2/h5-7,13H,3-4,8-12H2,1-2H3,(H,17,20). The van der Waals surface area contributed by atoms with Crippen molar-refractivity contribution in [1.82, 2.24) is 10.2 Å². The van der Waals surface area contributed by atoms with Crippen molar-refractivity contribution in [1.29, 1.82) is 0 Å². The van der Waals surface area contributed by atoms with Crippen LogP contribution in [0.4, 0.5) is 10.5 Å². The highest BCUT2D eigenvalue weighted by Crippen LogP contribution is 2.22. The molecule has 1 aromatic rings. The number of hydrogen-bond donors (Lipinski definition) is 1. The average molecular weight is 291 g/mol. The Bertz CT molecular complexity index is 457. The predicted molar refractivity (Wildman–Crippen MR) is 85.1 cm³/mol. The van der Waals surface area contributed by atoms with Crippen LogP contribution in [0.3, 0.4) is 0 Å². The van der Waals surface area contributed by atoms with Gasteiger partial charge in [-0.1, -0.05) is 19.4 Å². The molecule has 1 fully saturated rings. The Morgan fingerprint density at radius 2 is 2.05 bits per heavy atom. The van der Waals surface area contributed by atoms with Crippen LogP contribution in [0.15, 0.2) is 24.3 Å². The number of benzene rings is 1. The Balaban J connectivity index is 1.83. The molecule has 1 aliphatic rings. The molecule has 5 nitrogen and oxygen atoms in total. The van der Waals surface area contributed by atoms with Crippen molar-refractivity contribution in [2.45, 2.75) is 19.8 Å². The summed E-state index contributed by atoms with van der Waals surface area (Å²) in [6, 6.07) is 8.13. The van der Waals surface area contributed by atoms with Gasteiger partial charge in [0.2, 0.25) is 0 Å². The van der Waals surface area contributed by atoms with Crippen LogP contribution in [0.5, 0.6) is 5.75 Å². The van der Waals surface area contributed by atoms with Gasteiger partial charge in [-0.3, -0.25) is 0 Å². The van der Waals surface area contributed by atoms with E-state index in [2.05, 4.69) is 23.2 Å². The van der Waals surface area contributed by atoms with Crippen molar-refractivity contribution in [2.75, 3.05) is 44.7 Å². The van der Waals surface area contributed by atoms with Gasteiger partial charge in [0.1, 0.15) is 5.75 Å². The number of rotatable bonds is 5. The van der Waals surface area contributed by atoms with Gasteiger partial charge < -0.3 is 19.9 Å². The zero-order valence-electron chi connectivity index (χ0n) is 13.0. The molecule has 0 bridgehead atoms. The second-order valence-electron chi connectivity index (χ2n) is 5.26. The van der Waals surface area contributed by atoms with E-state index in [4.69, 9.17) is 4.74 Å². The minimum absolute atomic E-state index is 0.0637. The van der Waals surface area contributed by atoms with Crippen molar-refractivity contribution in [2.24, 2.45) is 0 Å². The van der Waals surface area contributed by atoms with Crippen LogP contribution in [-0.2, 0) is 0 Å². The van der Waals surface area contributed by atoms with E-state index in [9.17, 15) is 4.79 Å². The lowest BCUT2D eigenvalue weighted by Gasteiger charge is -2.36. The molecule has 116 valence electrons. The van der Waals surface area contributed by atoms with E-state index >= 15 is 0 Å². The number of methoxy groups -OCH3 is 1. The molecule has 1 N–H and O–H groups in total. The number of hydrogen-bond acceptors (Lipinski definition) is 3. The number of piperazine rings is 1. The molecule has 2 rings (SSSR count). The van der Waals surface area contributed by atoms with Crippen LogP contribution < -0.4 is 15.0 Å². The number of unbranched alkanes of at least 4 members (excludes halogenated alkanes) is 1. The summed E-state index contributed by atoms with van der Waals surface area (Å²) in [5, 5.41) is 2.97. The zero-order chi connectivity index (χ0) is 15.1. The molecule has 0 radical (unpaired) electrons. The van der Waals surface area contributed by atoms with Crippen LogP contribution in [0, 0.1) is 0 Å². The number of urea groups is 1. The fourth-order valence-electron chi connectivity index (χ4n) is 2.46. The maximum Gasteiger partial charge on any atom is 0.317 e. The zero-order valence-corrected chi connectivity index (χ0v) is 13.0. The third-order valence-electron chi connectivity index (χ3n) is 3.79. The monoisotopic (exact) mass is 291 g/mol. The summed E-state index contributed by atoms with van der Waals surface area (Å²) < 4.78 is 5.26. The molecular formula is C16H25N3O2. The lowest BCUT2D eigenvalue weighted by Crippen LogP contribution is -2.52. The summed E-state index contributed by atoms with van der Waals surface area (Å²) in [4.78, 5) is 16.2. The molecular weight excluding hydrogens is 266 g/mol. The summed E-state index contributed by atoms with van der Waals surface area (Å²) in [6.07, 6.45) is 2.14. The van der Waals surface area contributed by atoms with Gasteiger partial charge in [-0.25, -0.2) is 4.79 Å². The molecule has 1 heterocycles. The maximum absolute atomic E-state index is 12.0. The van der Waals surface area contributed by atoms with Crippen LogP contribution in [0.2, 0.25) is 0 Å². The fraction of sp³-hybridized carbons (Fsp3) is 0.562. The minimum atomic E-state index is 0.0637. The highest BCUT2D eigenvalue weighted by Gasteiger charge is 2.21. The first-order valence-electron chi connectivity index (χ1n) is 7.66. The van der Waals surface area contributed by atoms with Crippen molar-refractivity contribution in [3.63, 3.8) is 0 Å². The summed E-state index contributed by atoms with van der Waals surface area (Å²) >= 11 is 0. The number of ether oxygens (including phenoxy) is 1.